The first-order valence-corrected chi connectivity index (χ1v) is 10.7. The second-order valence-electron chi connectivity index (χ2n) is 8.12. The quantitative estimate of drug-likeness (QED) is 0.549. The van der Waals surface area contributed by atoms with Crippen molar-refractivity contribution in [1.82, 2.24) is 5.32 Å². The molecule has 4 nitrogen and oxygen atoms in total. The molecule has 0 saturated heterocycles. The lowest BCUT2D eigenvalue weighted by molar-refractivity contribution is -0.120. The number of carbonyl (C=O) groups is 2. The fraction of sp³-hybridized carbons (Fsp3) is 0.231. The van der Waals surface area contributed by atoms with Crippen LogP contribution in [0.25, 0.3) is 0 Å². The van der Waals surface area contributed by atoms with Crippen molar-refractivity contribution < 1.29 is 18.4 Å². The average molecular weight is 434 g/mol. The Morgan fingerprint density at radius 1 is 0.875 bits per heavy atom. The minimum Gasteiger partial charge on any atom is -0.356 e. The van der Waals surface area contributed by atoms with E-state index in [2.05, 4.69) is 5.32 Å². The largest absolute Gasteiger partial charge is 0.356 e. The second-order valence-corrected chi connectivity index (χ2v) is 8.12. The normalized spacial score (nSPS) is 12.9. The Bertz CT molecular complexity index is 1090. The summed E-state index contributed by atoms with van der Waals surface area (Å²) in [7, 11) is 0. The molecule has 0 atom stereocenters. The zero-order valence-electron chi connectivity index (χ0n) is 17.6. The van der Waals surface area contributed by atoms with Gasteiger partial charge in [0.1, 0.15) is 11.6 Å². The average Bonchev–Trinajstić information content (AvgIpc) is 3.62. The summed E-state index contributed by atoms with van der Waals surface area (Å²) < 4.78 is 27.0. The first-order chi connectivity index (χ1) is 15.5. The van der Waals surface area contributed by atoms with Gasteiger partial charge in [-0.2, -0.15) is 0 Å². The minimum absolute atomic E-state index is 0.0244. The lowest BCUT2D eigenvalue weighted by Crippen LogP contribution is -2.30. The van der Waals surface area contributed by atoms with E-state index in [1.165, 1.54) is 48.1 Å². The van der Waals surface area contributed by atoms with Gasteiger partial charge >= 0.3 is 0 Å². The Labute approximate surface area is 185 Å². The maximum atomic E-state index is 13.7. The van der Waals surface area contributed by atoms with Gasteiger partial charge in [-0.25, -0.2) is 8.78 Å². The molecule has 0 aromatic heterocycles. The van der Waals surface area contributed by atoms with E-state index in [1.807, 2.05) is 12.1 Å². The van der Waals surface area contributed by atoms with Crippen molar-refractivity contribution in [3.63, 3.8) is 0 Å². The number of hydrogen-bond donors (Lipinski definition) is 1. The molecule has 1 saturated carbocycles. The predicted octanol–water partition coefficient (Wildman–Crippen LogP) is 4.88. The van der Waals surface area contributed by atoms with Gasteiger partial charge in [0.2, 0.25) is 5.91 Å². The lowest BCUT2D eigenvalue weighted by atomic mass is 10.1. The highest BCUT2D eigenvalue weighted by molar-refractivity contribution is 6.06. The van der Waals surface area contributed by atoms with Crippen LogP contribution in [-0.4, -0.2) is 18.4 Å². The van der Waals surface area contributed by atoms with Crippen LogP contribution in [0.15, 0.2) is 72.8 Å². The molecule has 0 bridgehead atoms. The number of nitrogens with one attached hydrogen (secondary N) is 1. The van der Waals surface area contributed by atoms with Crippen molar-refractivity contribution in [3.8, 4) is 0 Å². The molecular formula is C26H24F2N2O2. The molecule has 1 fully saturated rings. The van der Waals surface area contributed by atoms with E-state index in [-0.39, 0.29) is 36.2 Å². The van der Waals surface area contributed by atoms with Crippen molar-refractivity contribution in [1.29, 1.82) is 0 Å². The van der Waals surface area contributed by atoms with Crippen molar-refractivity contribution in [2.45, 2.75) is 25.8 Å². The summed E-state index contributed by atoms with van der Waals surface area (Å²) in [6.07, 6.45) is 2.62. The molecule has 164 valence electrons. The first-order valence-electron chi connectivity index (χ1n) is 10.7. The van der Waals surface area contributed by atoms with Crippen molar-refractivity contribution in [2.24, 2.45) is 5.92 Å². The molecule has 0 heterocycles. The Morgan fingerprint density at radius 2 is 1.56 bits per heavy atom. The van der Waals surface area contributed by atoms with E-state index < -0.39 is 5.82 Å². The molecule has 4 rings (SSSR count). The van der Waals surface area contributed by atoms with Gasteiger partial charge < -0.3 is 10.2 Å². The molecule has 3 aromatic carbocycles. The van der Waals surface area contributed by atoms with Crippen LogP contribution in [0.2, 0.25) is 0 Å². The number of carbonyl (C=O) groups excluding carboxylic acids is 2. The molecule has 32 heavy (non-hydrogen) atoms. The third-order valence-electron chi connectivity index (χ3n) is 5.47. The predicted molar refractivity (Wildman–Crippen MR) is 119 cm³/mol. The molecule has 1 aliphatic rings. The van der Waals surface area contributed by atoms with Crippen LogP contribution >= 0.6 is 0 Å². The number of benzene rings is 3. The van der Waals surface area contributed by atoms with Crippen LogP contribution in [-0.2, 0) is 17.8 Å². The van der Waals surface area contributed by atoms with Gasteiger partial charge in [-0.3, -0.25) is 9.59 Å². The summed E-state index contributed by atoms with van der Waals surface area (Å²) in [6.45, 7) is 0.918. The molecule has 0 aliphatic heterocycles. The molecular weight excluding hydrogens is 410 g/mol. The molecule has 1 N–H and O–H groups in total. The minimum atomic E-state index is -0.495. The summed E-state index contributed by atoms with van der Waals surface area (Å²) in [5.74, 6) is -0.631. The van der Waals surface area contributed by atoms with E-state index in [0.29, 0.717) is 11.6 Å². The van der Waals surface area contributed by atoms with Gasteiger partial charge in [0.05, 0.1) is 13.0 Å². The zero-order valence-corrected chi connectivity index (χ0v) is 17.6. The summed E-state index contributed by atoms with van der Waals surface area (Å²) in [5, 5.41) is 2.94. The molecule has 0 radical (unpaired) electrons. The number of anilines is 1. The SMILES string of the molecule is O=C(Cc1ccc(N(Cc2ccc(F)cc2)C(=O)c2cccc(F)c2)cc1)NCC1CC1. The maximum absolute atomic E-state index is 13.7. The van der Waals surface area contributed by atoms with Gasteiger partial charge in [-0.15, -0.1) is 0 Å². The molecule has 0 spiro atoms. The van der Waals surface area contributed by atoms with E-state index >= 15 is 0 Å². The van der Waals surface area contributed by atoms with Crippen LogP contribution in [0.4, 0.5) is 14.5 Å². The van der Waals surface area contributed by atoms with Gasteiger partial charge in [0.25, 0.3) is 5.91 Å². The number of amides is 2. The molecule has 3 aromatic rings. The Hall–Kier alpha value is -3.54. The van der Waals surface area contributed by atoms with Crippen molar-refractivity contribution in [2.75, 3.05) is 11.4 Å². The second kappa shape index (κ2) is 9.73. The fourth-order valence-electron chi connectivity index (χ4n) is 3.45. The van der Waals surface area contributed by atoms with Crippen molar-refractivity contribution in [3.05, 3.63) is 101 Å². The third-order valence-corrected chi connectivity index (χ3v) is 5.47. The number of rotatable bonds is 8. The highest BCUT2D eigenvalue weighted by atomic mass is 19.1. The van der Waals surface area contributed by atoms with E-state index in [0.717, 1.165) is 17.7 Å². The van der Waals surface area contributed by atoms with Gasteiger partial charge in [0, 0.05) is 17.8 Å². The van der Waals surface area contributed by atoms with E-state index in [1.54, 1.807) is 30.3 Å². The smallest absolute Gasteiger partial charge is 0.258 e. The van der Waals surface area contributed by atoms with E-state index in [9.17, 15) is 18.4 Å². The maximum Gasteiger partial charge on any atom is 0.258 e. The third kappa shape index (κ3) is 5.78. The van der Waals surface area contributed by atoms with E-state index in [4.69, 9.17) is 0 Å². The summed E-state index contributed by atoms with van der Waals surface area (Å²) in [4.78, 5) is 26.8. The van der Waals surface area contributed by atoms with Gasteiger partial charge in [0.15, 0.2) is 0 Å². The molecule has 2 amide bonds. The summed E-state index contributed by atoms with van der Waals surface area (Å²) >= 11 is 0. The molecule has 0 unspecified atom stereocenters. The van der Waals surface area contributed by atoms with Crippen LogP contribution in [0, 0.1) is 17.6 Å². The lowest BCUT2D eigenvalue weighted by Gasteiger charge is -2.23. The summed E-state index contributed by atoms with van der Waals surface area (Å²) in [6, 6.07) is 18.6. The van der Waals surface area contributed by atoms with Crippen LogP contribution in [0.3, 0.4) is 0 Å². The van der Waals surface area contributed by atoms with Crippen LogP contribution < -0.4 is 10.2 Å². The van der Waals surface area contributed by atoms with Gasteiger partial charge in [-0.1, -0.05) is 30.3 Å². The highest BCUT2D eigenvalue weighted by Gasteiger charge is 2.22. The summed E-state index contributed by atoms with van der Waals surface area (Å²) in [5.41, 5.74) is 2.39. The first kappa shape index (κ1) is 21.7. The Morgan fingerprint density at radius 3 is 2.22 bits per heavy atom. The Balaban J connectivity index is 1.53. The van der Waals surface area contributed by atoms with Crippen LogP contribution in [0.1, 0.15) is 34.3 Å². The Kier molecular flexibility index (Phi) is 6.59. The topological polar surface area (TPSA) is 49.4 Å². The van der Waals surface area contributed by atoms with Gasteiger partial charge in [-0.05, 0) is 72.4 Å². The fourth-order valence-corrected chi connectivity index (χ4v) is 3.45. The standard InChI is InChI=1S/C26H24F2N2O2/c27-22-10-6-20(7-11-22)17-30(26(32)21-2-1-3-23(28)15-21)24-12-8-18(9-13-24)14-25(31)29-16-19-4-5-19/h1-3,6-13,15,19H,4-5,14,16-17H2,(H,29,31). The number of nitrogens with zero attached hydrogens (tertiary/aromatic N) is 1. The zero-order chi connectivity index (χ0) is 22.5. The van der Waals surface area contributed by atoms with Crippen LogP contribution in [0.5, 0.6) is 0 Å². The number of halogens is 2. The molecule has 6 heteroatoms. The highest BCUT2D eigenvalue weighted by Crippen LogP contribution is 2.27. The monoisotopic (exact) mass is 434 g/mol. The van der Waals surface area contributed by atoms with Crippen molar-refractivity contribution >= 4 is 17.5 Å². The number of hydrogen-bond acceptors (Lipinski definition) is 2. The molecule has 1 aliphatic carbocycles.